The Hall–Kier alpha value is -1.89. The smallest absolute Gasteiger partial charge is 0.266 e. The van der Waals surface area contributed by atoms with Crippen LogP contribution < -0.4 is 0 Å². The standard InChI is InChI=1S/C17H16N2O2S2/c1-21-9-8-19-16(20)15(11-13-7-10-22-12-13)23-17(19)18-14-5-3-2-4-6-14/h2-7,10-12H,8-9H2,1H3/b15-11+,18-17?. The Balaban J connectivity index is 1.90. The Bertz CT molecular complexity index is 724. The monoisotopic (exact) mass is 344 g/mol. The number of para-hydroxylation sites is 1. The Morgan fingerprint density at radius 2 is 2.09 bits per heavy atom. The first-order valence-electron chi connectivity index (χ1n) is 7.14. The number of aliphatic imine (C=N–C) groups is 1. The highest BCUT2D eigenvalue weighted by Crippen LogP contribution is 2.34. The van der Waals surface area contributed by atoms with Crippen LogP contribution in [0.4, 0.5) is 5.69 Å². The molecule has 0 saturated carbocycles. The summed E-state index contributed by atoms with van der Waals surface area (Å²) in [5.74, 6) is -0.0204. The molecule has 1 fully saturated rings. The van der Waals surface area contributed by atoms with E-state index in [0.717, 1.165) is 11.3 Å². The van der Waals surface area contributed by atoms with Crippen molar-refractivity contribution in [2.75, 3.05) is 20.3 Å². The van der Waals surface area contributed by atoms with Gasteiger partial charge in [0.25, 0.3) is 5.91 Å². The maximum absolute atomic E-state index is 12.6. The van der Waals surface area contributed by atoms with E-state index in [1.54, 1.807) is 23.3 Å². The van der Waals surface area contributed by atoms with Gasteiger partial charge in [0.15, 0.2) is 5.17 Å². The maximum Gasteiger partial charge on any atom is 0.266 e. The van der Waals surface area contributed by atoms with Crippen LogP contribution >= 0.6 is 23.1 Å². The molecule has 0 unspecified atom stereocenters. The maximum atomic E-state index is 12.6. The summed E-state index contributed by atoms with van der Waals surface area (Å²) in [6.45, 7) is 0.973. The van der Waals surface area contributed by atoms with E-state index in [4.69, 9.17) is 4.74 Å². The predicted octanol–water partition coefficient (Wildman–Crippen LogP) is 4.00. The van der Waals surface area contributed by atoms with Crippen molar-refractivity contribution in [2.24, 2.45) is 4.99 Å². The highest BCUT2D eigenvalue weighted by Gasteiger charge is 2.33. The van der Waals surface area contributed by atoms with Gasteiger partial charge >= 0.3 is 0 Å². The van der Waals surface area contributed by atoms with E-state index < -0.39 is 0 Å². The number of ether oxygens (including phenoxy) is 1. The lowest BCUT2D eigenvalue weighted by atomic mass is 10.3. The van der Waals surface area contributed by atoms with E-state index in [0.29, 0.717) is 23.2 Å². The van der Waals surface area contributed by atoms with Gasteiger partial charge in [0.2, 0.25) is 0 Å². The first-order chi connectivity index (χ1) is 11.3. The molecular formula is C17H16N2O2S2. The Morgan fingerprint density at radius 1 is 1.26 bits per heavy atom. The molecule has 0 atom stereocenters. The molecule has 0 N–H and O–H groups in total. The highest BCUT2D eigenvalue weighted by molar-refractivity contribution is 8.18. The van der Waals surface area contributed by atoms with Crippen molar-refractivity contribution in [2.45, 2.75) is 0 Å². The Morgan fingerprint density at radius 3 is 2.78 bits per heavy atom. The zero-order valence-corrected chi connectivity index (χ0v) is 14.3. The van der Waals surface area contributed by atoms with Gasteiger partial charge in [-0.05, 0) is 52.4 Å². The van der Waals surface area contributed by atoms with Crippen molar-refractivity contribution in [3.8, 4) is 0 Å². The molecule has 118 valence electrons. The van der Waals surface area contributed by atoms with Gasteiger partial charge in [-0.15, -0.1) is 0 Å². The third kappa shape index (κ3) is 3.90. The van der Waals surface area contributed by atoms with Crippen molar-refractivity contribution in [3.63, 3.8) is 0 Å². The molecule has 6 heteroatoms. The number of amidine groups is 1. The third-order valence-electron chi connectivity index (χ3n) is 3.23. The summed E-state index contributed by atoms with van der Waals surface area (Å²) < 4.78 is 5.12. The summed E-state index contributed by atoms with van der Waals surface area (Å²) in [4.78, 5) is 19.6. The normalized spacial score (nSPS) is 18.3. The molecule has 1 aliphatic heterocycles. The van der Waals surface area contributed by atoms with Crippen LogP contribution in [0.5, 0.6) is 0 Å². The number of hydrogen-bond acceptors (Lipinski definition) is 5. The van der Waals surface area contributed by atoms with E-state index in [2.05, 4.69) is 4.99 Å². The molecule has 2 aromatic rings. The molecule has 1 amide bonds. The zero-order valence-electron chi connectivity index (χ0n) is 12.6. The van der Waals surface area contributed by atoms with Crippen LogP contribution in [0.1, 0.15) is 5.56 Å². The van der Waals surface area contributed by atoms with Crippen LogP contribution in [0.2, 0.25) is 0 Å². The number of carbonyl (C=O) groups is 1. The van der Waals surface area contributed by atoms with E-state index in [-0.39, 0.29) is 5.91 Å². The average molecular weight is 344 g/mol. The summed E-state index contributed by atoms with van der Waals surface area (Å²) in [5.41, 5.74) is 1.88. The van der Waals surface area contributed by atoms with Gasteiger partial charge in [-0.25, -0.2) is 4.99 Å². The summed E-state index contributed by atoms with van der Waals surface area (Å²) in [5, 5.41) is 4.71. The lowest BCUT2D eigenvalue weighted by Crippen LogP contribution is -2.32. The molecule has 4 nitrogen and oxygen atoms in total. The SMILES string of the molecule is COCCN1C(=O)/C(=C\c2ccsc2)SC1=Nc1ccccc1. The third-order valence-corrected chi connectivity index (χ3v) is 4.94. The van der Waals surface area contributed by atoms with Crippen LogP contribution in [0.3, 0.4) is 0 Å². The summed E-state index contributed by atoms with van der Waals surface area (Å²) >= 11 is 3.02. The highest BCUT2D eigenvalue weighted by atomic mass is 32.2. The molecule has 0 aliphatic carbocycles. The van der Waals surface area contributed by atoms with Crippen molar-refractivity contribution < 1.29 is 9.53 Å². The topological polar surface area (TPSA) is 41.9 Å². The minimum absolute atomic E-state index is 0.0204. The van der Waals surface area contributed by atoms with Crippen LogP contribution in [0.15, 0.2) is 57.1 Å². The number of thioether (sulfide) groups is 1. The van der Waals surface area contributed by atoms with Crippen molar-refractivity contribution >= 4 is 45.9 Å². The second-order valence-corrected chi connectivity index (χ2v) is 6.64. The van der Waals surface area contributed by atoms with Gasteiger partial charge in [-0.3, -0.25) is 9.69 Å². The molecular weight excluding hydrogens is 328 g/mol. The van der Waals surface area contributed by atoms with Crippen LogP contribution in [-0.2, 0) is 9.53 Å². The van der Waals surface area contributed by atoms with E-state index in [9.17, 15) is 4.79 Å². The van der Waals surface area contributed by atoms with Crippen LogP contribution in [0.25, 0.3) is 6.08 Å². The van der Waals surface area contributed by atoms with Crippen LogP contribution in [-0.4, -0.2) is 36.2 Å². The van der Waals surface area contributed by atoms with E-state index in [1.165, 1.54) is 11.8 Å². The number of carbonyl (C=O) groups excluding carboxylic acids is 1. The number of methoxy groups -OCH3 is 1. The number of rotatable bonds is 5. The van der Waals surface area contributed by atoms with Crippen LogP contribution in [0, 0.1) is 0 Å². The van der Waals surface area contributed by atoms with Crippen molar-refractivity contribution in [3.05, 3.63) is 57.6 Å². The molecule has 1 aromatic carbocycles. The van der Waals surface area contributed by atoms with Gasteiger partial charge in [0, 0.05) is 7.11 Å². The second-order valence-electron chi connectivity index (χ2n) is 4.85. The number of amides is 1. The van der Waals surface area contributed by atoms with Crippen molar-refractivity contribution in [1.29, 1.82) is 0 Å². The largest absolute Gasteiger partial charge is 0.383 e. The number of thiophene rings is 1. The summed E-state index contributed by atoms with van der Waals surface area (Å²) in [7, 11) is 1.63. The van der Waals surface area contributed by atoms with Crippen molar-refractivity contribution in [1.82, 2.24) is 4.90 Å². The number of hydrogen-bond donors (Lipinski definition) is 0. The summed E-state index contributed by atoms with van der Waals surface area (Å²) in [6.07, 6.45) is 1.91. The number of benzene rings is 1. The molecule has 1 saturated heterocycles. The molecule has 2 heterocycles. The Labute approximate surface area is 143 Å². The quantitative estimate of drug-likeness (QED) is 0.770. The van der Waals surface area contributed by atoms with Gasteiger partial charge in [0.1, 0.15) is 0 Å². The predicted molar refractivity (Wildman–Crippen MR) is 97.0 cm³/mol. The fourth-order valence-electron chi connectivity index (χ4n) is 2.09. The fourth-order valence-corrected chi connectivity index (χ4v) is 3.74. The average Bonchev–Trinajstić information content (AvgIpc) is 3.17. The molecule has 1 aromatic heterocycles. The Kier molecular flexibility index (Phi) is 5.27. The molecule has 0 spiro atoms. The second kappa shape index (κ2) is 7.59. The molecule has 23 heavy (non-hydrogen) atoms. The molecule has 3 rings (SSSR count). The number of nitrogens with zero attached hydrogens (tertiary/aromatic N) is 2. The fraction of sp³-hybridized carbons (Fsp3) is 0.176. The van der Waals surface area contributed by atoms with Gasteiger partial charge in [0.05, 0.1) is 23.7 Å². The molecule has 0 bridgehead atoms. The lowest BCUT2D eigenvalue weighted by molar-refractivity contribution is -0.122. The minimum atomic E-state index is -0.0204. The van der Waals surface area contributed by atoms with E-state index in [1.807, 2.05) is 53.2 Å². The molecule has 0 radical (unpaired) electrons. The lowest BCUT2D eigenvalue weighted by Gasteiger charge is -2.14. The van der Waals surface area contributed by atoms with E-state index >= 15 is 0 Å². The van der Waals surface area contributed by atoms with Gasteiger partial charge < -0.3 is 4.74 Å². The summed E-state index contributed by atoms with van der Waals surface area (Å²) in [6, 6.07) is 11.7. The van der Waals surface area contributed by atoms with Gasteiger partial charge in [-0.1, -0.05) is 18.2 Å². The molecule has 1 aliphatic rings. The zero-order chi connectivity index (χ0) is 16.1. The first kappa shape index (κ1) is 16.0. The minimum Gasteiger partial charge on any atom is -0.383 e. The van der Waals surface area contributed by atoms with Gasteiger partial charge in [-0.2, -0.15) is 11.3 Å². The first-order valence-corrected chi connectivity index (χ1v) is 8.90.